The Hall–Kier alpha value is -2.15. The van der Waals surface area contributed by atoms with Crippen LogP contribution in [0.25, 0.3) is 0 Å². The number of amides is 2. The lowest BCUT2D eigenvalue weighted by atomic mass is 10.2. The Kier molecular flexibility index (Phi) is 6.45. The second kappa shape index (κ2) is 8.11. The topological polar surface area (TPSA) is 79.5 Å². The van der Waals surface area contributed by atoms with E-state index in [4.69, 9.17) is 17.0 Å². The molecule has 20 heavy (non-hydrogen) atoms. The van der Waals surface area contributed by atoms with Crippen molar-refractivity contribution in [3.8, 4) is 5.75 Å². The predicted molar refractivity (Wildman–Crippen MR) is 79.0 cm³/mol. The maximum Gasteiger partial charge on any atom is 0.276 e. The monoisotopic (exact) mass is 295 g/mol. The Morgan fingerprint density at radius 1 is 1.15 bits per heavy atom. The molecule has 0 aliphatic rings. The number of ether oxygens (including phenoxy) is 1. The summed E-state index contributed by atoms with van der Waals surface area (Å²) in [6.07, 6.45) is 0.312. The summed E-state index contributed by atoms with van der Waals surface area (Å²) in [5.74, 6) is -0.0288. The molecule has 0 heterocycles. The van der Waals surface area contributed by atoms with Gasteiger partial charge in [-0.25, -0.2) is 0 Å². The summed E-state index contributed by atoms with van der Waals surface area (Å²) in [5.41, 5.74) is 5.85. The zero-order valence-electron chi connectivity index (χ0n) is 11.4. The number of rotatable bonds is 4. The number of hydrazine groups is 1. The minimum Gasteiger partial charge on any atom is -0.484 e. The average molecular weight is 295 g/mol. The van der Waals surface area contributed by atoms with Gasteiger partial charge in [0.05, 0.1) is 0 Å². The van der Waals surface area contributed by atoms with Crippen molar-refractivity contribution in [2.45, 2.75) is 20.3 Å². The Balaban J connectivity index is 2.25. The van der Waals surface area contributed by atoms with Crippen molar-refractivity contribution in [2.75, 3.05) is 6.61 Å². The van der Waals surface area contributed by atoms with Crippen LogP contribution in [0.2, 0.25) is 0 Å². The molecule has 0 radical (unpaired) electrons. The van der Waals surface area contributed by atoms with Crippen LogP contribution in [0.5, 0.6) is 5.75 Å². The van der Waals surface area contributed by atoms with Crippen LogP contribution < -0.4 is 20.9 Å². The molecule has 1 aromatic carbocycles. The summed E-state index contributed by atoms with van der Waals surface area (Å²) in [4.78, 5) is 22.5. The summed E-state index contributed by atoms with van der Waals surface area (Å²) >= 11 is 4.81. The normalized spacial score (nSPS) is 9.50. The SMILES string of the molecule is CCC(=O)NC(=S)NNC(=O)COc1ccc(C)cc1. The van der Waals surface area contributed by atoms with E-state index in [1.54, 1.807) is 19.1 Å². The third-order valence-electron chi connectivity index (χ3n) is 2.28. The second-order valence-corrected chi connectivity index (χ2v) is 4.41. The summed E-state index contributed by atoms with van der Waals surface area (Å²) in [6.45, 7) is 3.51. The number of hydrogen-bond acceptors (Lipinski definition) is 4. The van der Waals surface area contributed by atoms with Gasteiger partial charge < -0.3 is 10.1 Å². The molecule has 1 rings (SSSR count). The molecule has 0 fully saturated rings. The Morgan fingerprint density at radius 2 is 1.80 bits per heavy atom. The summed E-state index contributed by atoms with van der Waals surface area (Å²) < 4.78 is 5.27. The standard InChI is InChI=1S/C13H17N3O3S/c1-3-11(17)14-13(20)16-15-12(18)8-19-10-6-4-9(2)5-7-10/h4-7H,3,8H2,1-2H3,(H,15,18)(H2,14,16,17,20). The molecule has 0 aromatic heterocycles. The number of thiocarbonyl (C=S) groups is 1. The lowest BCUT2D eigenvalue weighted by Gasteiger charge is -2.11. The van der Waals surface area contributed by atoms with Crippen LogP contribution in [0, 0.1) is 6.92 Å². The summed E-state index contributed by atoms with van der Waals surface area (Å²) in [5, 5.41) is 2.43. The first-order chi connectivity index (χ1) is 9.51. The highest BCUT2D eigenvalue weighted by molar-refractivity contribution is 7.80. The van der Waals surface area contributed by atoms with Gasteiger partial charge >= 0.3 is 0 Å². The number of nitrogens with one attached hydrogen (secondary N) is 3. The van der Waals surface area contributed by atoms with Gasteiger partial charge in [0, 0.05) is 6.42 Å². The van der Waals surface area contributed by atoms with Crippen molar-refractivity contribution in [3.63, 3.8) is 0 Å². The van der Waals surface area contributed by atoms with E-state index in [1.165, 1.54) is 0 Å². The van der Waals surface area contributed by atoms with Gasteiger partial charge in [-0.2, -0.15) is 0 Å². The third-order valence-corrected chi connectivity index (χ3v) is 2.48. The smallest absolute Gasteiger partial charge is 0.276 e. The highest BCUT2D eigenvalue weighted by Crippen LogP contribution is 2.10. The third kappa shape index (κ3) is 6.14. The molecular weight excluding hydrogens is 278 g/mol. The van der Waals surface area contributed by atoms with Gasteiger partial charge in [-0.3, -0.25) is 20.4 Å². The van der Waals surface area contributed by atoms with E-state index in [0.717, 1.165) is 5.56 Å². The van der Waals surface area contributed by atoms with Gasteiger partial charge in [0.15, 0.2) is 11.7 Å². The van der Waals surface area contributed by atoms with E-state index in [-0.39, 0.29) is 17.6 Å². The van der Waals surface area contributed by atoms with E-state index in [9.17, 15) is 9.59 Å². The van der Waals surface area contributed by atoms with Crippen molar-refractivity contribution < 1.29 is 14.3 Å². The van der Waals surface area contributed by atoms with Crippen molar-refractivity contribution >= 4 is 29.1 Å². The van der Waals surface area contributed by atoms with E-state index in [2.05, 4.69) is 16.2 Å². The minimum absolute atomic E-state index is 0.0422. The van der Waals surface area contributed by atoms with Gasteiger partial charge in [0.25, 0.3) is 5.91 Å². The first-order valence-electron chi connectivity index (χ1n) is 6.09. The van der Waals surface area contributed by atoms with Crippen molar-refractivity contribution in [1.82, 2.24) is 16.2 Å². The molecule has 108 valence electrons. The van der Waals surface area contributed by atoms with E-state index >= 15 is 0 Å². The molecule has 1 aromatic rings. The zero-order valence-corrected chi connectivity index (χ0v) is 12.2. The molecule has 0 bridgehead atoms. The maximum absolute atomic E-state index is 11.5. The quantitative estimate of drug-likeness (QED) is 0.566. The van der Waals surface area contributed by atoms with Gasteiger partial charge in [-0.05, 0) is 31.3 Å². The predicted octanol–water partition coefficient (Wildman–Crippen LogP) is 0.806. The molecule has 0 spiro atoms. The molecule has 6 nitrogen and oxygen atoms in total. The van der Waals surface area contributed by atoms with E-state index in [1.807, 2.05) is 19.1 Å². The number of benzene rings is 1. The molecular formula is C13H17N3O3S. The highest BCUT2D eigenvalue weighted by atomic mass is 32.1. The van der Waals surface area contributed by atoms with Crippen LogP contribution in [0.4, 0.5) is 0 Å². The second-order valence-electron chi connectivity index (χ2n) is 4.01. The summed E-state index contributed by atoms with van der Waals surface area (Å²) in [7, 11) is 0. The molecule has 0 saturated carbocycles. The van der Waals surface area contributed by atoms with Crippen LogP contribution in [0.3, 0.4) is 0 Å². The van der Waals surface area contributed by atoms with Crippen LogP contribution in [0.1, 0.15) is 18.9 Å². The molecule has 0 aliphatic carbocycles. The summed E-state index contributed by atoms with van der Waals surface area (Å²) in [6, 6.07) is 7.34. The van der Waals surface area contributed by atoms with Crippen LogP contribution >= 0.6 is 12.2 Å². The fourth-order valence-corrected chi connectivity index (χ4v) is 1.36. The number of aryl methyl sites for hydroxylation is 1. The Bertz CT molecular complexity index is 488. The molecule has 0 atom stereocenters. The number of hydrogen-bond donors (Lipinski definition) is 3. The molecule has 0 aliphatic heterocycles. The molecule has 7 heteroatoms. The highest BCUT2D eigenvalue weighted by Gasteiger charge is 2.05. The lowest BCUT2D eigenvalue weighted by molar-refractivity contribution is -0.124. The first-order valence-corrected chi connectivity index (χ1v) is 6.50. The van der Waals surface area contributed by atoms with Gasteiger partial charge in [-0.1, -0.05) is 24.6 Å². The number of carbonyl (C=O) groups excluding carboxylic acids is 2. The van der Waals surface area contributed by atoms with Crippen LogP contribution in [-0.4, -0.2) is 23.5 Å². The molecule has 0 saturated heterocycles. The van der Waals surface area contributed by atoms with E-state index in [0.29, 0.717) is 12.2 Å². The molecule has 0 unspecified atom stereocenters. The first kappa shape index (κ1) is 15.9. The minimum atomic E-state index is -0.404. The van der Waals surface area contributed by atoms with Crippen molar-refractivity contribution in [1.29, 1.82) is 0 Å². The fourth-order valence-electron chi connectivity index (χ4n) is 1.19. The maximum atomic E-state index is 11.5. The largest absolute Gasteiger partial charge is 0.484 e. The fraction of sp³-hybridized carbons (Fsp3) is 0.308. The Morgan fingerprint density at radius 3 is 2.40 bits per heavy atom. The van der Waals surface area contributed by atoms with Crippen molar-refractivity contribution in [3.05, 3.63) is 29.8 Å². The average Bonchev–Trinajstić information content (AvgIpc) is 2.44. The molecule has 3 N–H and O–H groups in total. The van der Waals surface area contributed by atoms with Crippen LogP contribution in [0.15, 0.2) is 24.3 Å². The van der Waals surface area contributed by atoms with Gasteiger partial charge in [-0.15, -0.1) is 0 Å². The van der Waals surface area contributed by atoms with Gasteiger partial charge in [0.2, 0.25) is 5.91 Å². The Labute approximate surface area is 122 Å². The lowest BCUT2D eigenvalue weighted by Crippen LogP contribution is -2.49. The van der Waals surface area contributed by atoms with Crippen molar-refractivity contribution in [2.24, 2.45) is 0 Å². The van der Waals surface area contributed by atoms with Crippen LogP contribution in [-0.2, 0) is 9.59 Å². The number of carbonyl (C=O) groups is 2. The van der Waals surface area contributed by atoms with Gasteiger partial charge in [0.1, 0.15) is 5.75 Å². The zero-order chi connectivity index (χ0) is 15.0. The van der Waals surface area contributed by atoms with E-state index < -0.39 is 5.91 Å². The molecule has 2 amide bonds.